The van der Waals surface area contributed by atoms with Gasteiger partial charge in [0.25, 0.3) is 0 Å². The maximum absolute atomic E-state index is 6.21. The van der Waals surface area contributed by atoms with Crippen molar-refractivity contribution in [1.29, 1.82) is 0 Å². The van der Waals surface area contributed by atoms with Gasteiger partial charge < -0.3 is 10.5 Å². The SMILES string of the molecule is NC(CCCC1CCCO1)c1cc(Br)sc1Br. The van der Waals surface area contributed by atoms with Crippen LogP contribution in [0.2, 0.25) is 0 Å². The lowest BCUT2D eigenvalue weighted by Gasteiger charge is -2.13. The fraction of sp³-hybridized carbons (Fsp3) is 0.667. The van der Waals surface area contributed by atoms with Gasteiger partial charge >= 0.3 is 0 Å². The number of hydrogen-bond acceptors (Lipinski definition) is 3. The van der Waals surface area contributed by atoms with Gasteiger partial charge in [-0.3, -0.25) is 0 Å². The predicted molar refractivity (Wildman–Crippen MR) is 79.5 cm³/mol. The lowest BCUT2D eigenvalue weighted by Crippen LogP contribution is -2.11. The van der Waals surface area contributed by atoms with E-state index in [4.69, 9.17) is 10.5 Å². The number of thiophene rings is 1. The molecule has 1 fully saturated rings. The summed E-state index contributed by atoms with van der Waals surface area (Å²) in [5, 5.41) is 0. The number of rotatable bonds is 5. The van der Waals surface area contributed by atoms with Crippen LogP contribution in [-0.4, -0.2) is 12.7 Å². The molecule has 2 nitrogen and oxygen atoms in total. The highest BCUT2D eigenvalue weighted by molar-refractivity contribution is 9.12. The van der Waals surface area contributed by atoms with E-state index in [2.05, 4.69) is 37.9 Å². The highest BCUT2D eigenvalue weighted by Crippen LogP contribution is 2.36. The van der Waals surface area contributed by atoms with Gasteiger partial charge in [0.1, 0.15) is 0 Å². The Hall–Kier alpha value is 0.580. The van der Waals surface area contributed by atoms with E-state index in [9.17, 15) is 0 Å². The Kier molecular flexibility index (Phi) is 5.49. The molecule has 0 radical (unpaired) electrons. The molecule has 2 rings (SSSR count). The standard InChI is InChI=1S/C12H17Br2NOS/c13-11-7-9(12(14)17-11)10(15)5-1-3-8-4-2-6-16-8/h7-8,10H,1-6,15H2. The van der Waals surface area contributed by atoms with Crippen molar-refractivity contribution >= 4 is 43.2 Å². The van der Waals surface area contributed by atoms with E-state index < -0.39 is 0 Å². The van der Waals surface area contributed by atoms with Crippen LogP contribution in [0, 0.1) is 0 Å². The van der Waals surface area contributed by atoms with Crippen LogP contribution in [0.4, 0.5) is 0 Å². The van der Waals surface area contributed by atoms with Crippen LogP contribution in [-0.2, 0) is 4.74 Å². The second-order valence-electron chi connectivity index (χ2n) is 4.45. The van der Waals surface area contributed by atoms with Gasteiger partial charge in [0, 0.05) is 12.6 Å². The molecule has 96 valence electrons. The molecule has 5 heteroatoms. The average molecular weight is 383 g/mol. The molecule has 0 saturated carbocycles. The van der Waals surface area contributed by atoms with Gasteiger partial charge in [-0.15, -0.1) is 11.3 Å². The second-order valence-corrected chi connectivity index (χ2v) is 8.20. The maximum Gasteiger partial charge on any atom is 0.0758 e. The molecule has 0 amide bonds. The lowest BCUT2D eigenvalue weighted by molar-refractivity contribution is 0.101. The fourth-order valence-electron chi connectivity index (χ4n) is 2.20. The van der Waals surface area contributed by atoms with E-state index in [1.54, 1.807) is 11.3 Å². The van der Waals surface area contributed by atoms with Crippen LogP contribution in [0.1, 0.15) is 43.7 Å². The van der Waals surface area contributed by atoms with Crippen molar-refractivity contribution in [2.45, 2.75) is 44.2 Å². The van der Waals surface area contributed by atoms with Crippen molar-refractivity contribution in [3.63, 3.8) is 0 Å². The molecule has 1 saturated heterocycles. The third kappa shape index (κ3) is 4.03. The normalized spacial score (nSPS) is 21.9. The van der Waals surface area contributed by atoms with Crippen molar-refractivity contribution < 1.29 is 4.74 Å². The number of hydrogen-bond donors (Lipinski definition) is 1. The smallest absolute Gasteiger partial charge is 0.0758 e. The van der Waals surface area contributed by atoms with Crippen molar-refractivity contribution in [2.24, 2.45) is 5.73 Å². The molecular formula is C12H17Br2NOS. The molecule has 1 aliphatic heterocycles. The minimum atomic E-state index is 0.133. The largest absolute Gasteiger partial charge is 0.378 e. The molecule has 1 aromatic heterocycles. The quantitative estimate of drug-likeness (QED) is 0.806. The third-order valence-electron chi connectivity index (χ3n) is 3.15. The molecule has 1 aliphatic rings. The summed E-state index contributed by atoms with van der Waals surface area (Å²) in [6.07, 6.45) is 6.26. The summed E-state index contributed by atoms with van der Waals surface area (Å²) in [7, 11) is 0. The molecule has 0 aromatic carbocycles. The third-order valence-corrected chi connectivity index (χ3v) is 5.53. The van der Waals surface area contributed by atoms with Gasteiger partial charge in [-0.25, -0.2) is 0 Å². The molecule has 0 spiro atoms. The number of nitrogens with two attached hydrogens (primary N) is 1. The molecule has 2 atom stereocenters. The van der Waals surface area contributed by atoms with Gasteiger partial charge in [0.05, 0.1) is 13.7 Å². The maximum atomic E-state index is 6.21. The molecular weight excluding hydrogens is 366 g/mol. The summed E-state index contributed by atoms with van der Waals surface area (Å²) >= 11 is 8.73. The minimum absolute atomic E-state index is 0.133. The molecule has 2 unspecified atom stereocenters. The first-order chi connectivity index (χ1) is 8.16. The molecule has 2 N–H and O–H groups in total. The van der Waals surface area contributed by atoms with Gasteiger partial charge in [-0.05, 0) is 75.6 Å². The zero-order valence-corrected chi connectivity index (χ0v) is 13.6. The Morgan fingerprint density at radius 3 is 2.94 bits per heavy atom. The summed E-state index contributed by atoms with van der Waals surface area (Å²) in [5.74, 6) is 0. The van der Waals surface area contributed by atoms with Crippen LogP contribution in [0.15, 0.2) is 13.6 Å². The van der Waals surface area contributed by atoms with E-state index in [-0.39, 0.29) is 6.04 Å². The lowest BCUT2D eigenvalue weighted by atomic mass is 10.0. The Balaban J connectivity index is 1.76. The van der Waals surface area contributed by atoms with E-state index >= 15 is 0 Å². The van der Waals surface area contributed by atoms with Crippen LogP contribution < -0.4 is 5.73 Å². The summed E-state index contributed by atoms with van der Waals surface area (Å²) in [6, 6.07) is 2.25. The molecule has 0 aliphatic carbocycles. The van der Waals surface area contributed by atoms with Crippen LogP contribution in [0.5, 0.6) is 0 Å². The molecule has 17 heavy (non-hydrogen) atoms. The Labute approximate surface area is 123 Å². The Bertz CT molecular complexity index is 363. The van der Waals surface area contributed by atoms with Crippen molar-refractivity contribution in [1.82, 2.24) is 0 Å². The highest BCUT2D eigenvalue weighted by atomic mass is 79.9. The van der Waals surface area contributed by atoms with Crippen LogP contribution >= 0.6 is 43.2 Å². The second kappa shape index (κ2) is 6.66. The van der Waals surface area contributed by atoms with Crippen LogP contribution in [0.3, 0.4) is 0 Å². The van der Waals surface area contributed by atoms with Gasteiger partial charge in [0.15, 0.2) is 0 Å². The van der Waals surface area contributed by atoms with Gasteiger partial charge in [0.2, 0.25) is 0 Å². The zero-order chi connectivity index (χ0) is 12.3. The predicted octanol–water partition coefficient (Wildman–Crippen LogP) is 4.62. The molecule has 1 aromatic rings. The summed E-state index contributed by atoms with van der Waals surface area (Å²) in [4.78, 5) is 0. The van der Waals surface area contributed by atoms with Crippen molar-refractivity contribution in [3.05, 3.63) is 19.2 Å². The first kappa shape index (κ1) is 14.0. The highest BCUT2D eigenvalue weighted by Gasteiger charge is 2.17. The van der Waals surface area contributed by atoms with E-state index in [0.717, 1.165) is 33.4 Å². The van der Waals surface area contributed by atoms with Gasteiger partial charge in [-0.2, -0.15) is 0 Å². The monoisotopic (exact) mass is 381 g/mol. The Morgan fingerprint density at radius 2 is 2.35 bits per heavy atom. The number of ether oxygens (including phenoxy) is 1. The summed E-state index contributed by atoms with van der Waals surface area (Å²) in [6.45, 7) is 0.944. The van der Waals surface area contributed by atoms with Crippen molar-refractivity contribution in [3.8, 4) is 0 Å². The minimum Gasteiger partial charge on any atom is -0.378 e. The average Bonchev–Trinajstić information content (AvgIpc) is 2.88. The summed E-state index contributed by atoms with van der Waals surface area (Å²) < 4.78 is 7.89. The van der Waals surface area contributed by atoms with E-state index in [1.807, 2.05) is 0 Å². The molecule has 2 heterocycles. The van der Waals surface area contributed by atoms with Gasteiger partial charge in [-0.1, -0.05) is 0 Å². The fourth-order valence-corrected chi connectivity index (χ4v) is 5.20. The number of halogens is 2. The van der Waals surface area contributed by atoms with Crippen molar-refractivity contribution in [2.75, 3.05) is 6.61 Å². The molecule has 0 bridgehead atoms. The zero-order valence-electron chi connectivity index (χ0n) is 9.62. The first-order valence-electron chi connectivity index (χ1n) is 5.98. The topological polar surface area (TPSA) is 35.2 Å². The summed E-state index contributed by atoms with van der Waals surface area (Å²) in [5.41, 5.74) is 7.43. The first-order valence-corrected chi connectivity index (χ1v) is 8.39. The Morgan fingerprint density at radius 1 is 1.53 bits per heavy atom. The van der Waals surface area contributed by atoms with Crippen LogP contribution in [0.25, 0.3) is 0 Å². The van der Waals surface area contributed by atoms with E-state index in [0.29, 0.717) is 6.10 Å². The van der Waals surface area contributed by atoms with E-state index in [1.165, 1.54) is 18.4 Å².